The standard InChI is InChI=1S/C10H20N2O3/c1-2-3-4-9(10(13)14)11-12-5-7-15-8-6-12/h9,11H,2-8H2,1H3,(H,13,14). The molecule has 15 heavy (non-hydrogen) atoms. The van der Waals surface area contributed by atoms with Gasteiger partial charge in [-0.3, -0.25) is 4.79 Å². The smallest absolute Gasteiger partial charge is 0.322 e. The molecule has 1 heterocycles. The molecule has 0 saturated carbocycles. The Kier molecular flexibility index (Phi) is 5.60. The molecule has 0 radical (unpaired) electrons. The van der Waals surface area contributed by atoms with Crippen LogP contribution in [0.3, 0.4) is 0 Å². The molecule has 5 heteroatoms. The maximum Gasteiger partial charge on any atom is 0.322 e. The van der Waals surface area contributed by atoms with Crippen LogP contribution in [-0.2, 0) is 9.53 Å². The number of aliphatic carboxylic acids is 1. The molecular weight excluding hydrogens is 196 g/mol. The topological polar surface area (TPSA) is 61.8 Å². The number of hydrogen-bond donors (Lipinski definition) is 2. The van der Waals surface area contributed by atoms with Gasteiger partial charge in [-0.05, 0) is 6.42 Å². The zero-order chi connectivity index (χ0) is 11.1. The molecule has 0 aromatic heterocycles. The third-order valence-corrected chi connectivity index (χ3v) is 2.49. The van der Waals surface area contributed by atoms with Crippen LogP contribution in [0.5, 0.6) is 0 Å². The summed E-state index contributed by atoms with van der Waals surface area (Å²) in [6.45, 7) is 4.93. The van der Waals surface area contributed by atoms with Crippen molar-refractivity contribution >= 4 is 5.97 Å². The van der Waals surface area contributed by atoms with Crippen molar-refractivity contribution in [2.45, 2.75) is 32.2 Å². The van der Waals surface area contributed by atoms with Gasteiger partial charge in [-0.15, -0.1) is 0 Å². The summed E-state index contributed by atoms with van der Waals surface area (Å²) in [5.74, 6) is -0.769. The fourth-order valence-corrected chi connectivity index (χ4v) is 1.56. The van der Waals surface area contributed by atoms with E-state index in [0.717, 1.165) is 25.9 Å². The van der Waals surface area contributed by atoms with Crippen molar-refractivity contribution in [1.82, 2.24) is 10.4 Å². The van der Waals surface area contributed by atoms with Crippen LogP contribution in [0.1, 0.15) is 26.2 Å². The highest BCUT2D eigenvalue weighted by Gasteiger charge is 2.20. The van der Waals surface area contributed by atoms with E-state index in [-0.39, 0.29) is 0 Å². The van der Waals surface area contributed by atoms with Gasteiger partial charge in [0.15, 0.2) is 0 Å². The molecule has 1 fully saturated rings. The molecule has 0 aromatic rings. The first kappa shape index (κ1) is 12.4. The Morgan fingerprint density at radius 1 is 1.53 bits per heavy atom. The average molecular weight is 216 g/mol. The predicted octanol–water partition coefficient (Wildman–Crippen LogP) is 0.467. The van der Waals surface area contributed by atoms with E-state index >= 15 is 0 Å². The molecular formula is C10H20N2O3. The van der Waals surface area contributed by atoms with Crippen LogP contribution in [-0.4, -0.2) is 48.4 Å². The summed E-state index contributed by atoms with van der Waals surface area (Å²) in [4.78, 5) is 11.0. The summed E-state index contributed by atoms with van der Waals surface area (Å²) in [6, 6.07) is -0.456. The number of rotatable bonds is 6. The number of nitrogens with one attached hydrogen (secondary N) is 1. The second-order valence-corrected chi connectivity index (χ2v) is 3.76. The Morgan fingerprint density at radius 2 is 2.20 bits per heavy atom. The molecule has 0 amide bonds. The molecule has 1 aliphatic rings. The minimum atomic E-state index is -0.769. The summed E-state index contributed by atoms with van der Waals surface area (Å²) < 4.78 is 5.19. The number of hydrazine groups is 1. The van der Waals surface area contributed by atoms with Gasteiger partial charge in [0, 0.05) is 13.1 Å². The molecule has 0 aromatic carbocycles. The van der Waals surface area contributed by atoms with E-state index < -0.39 is 12.0 Å². The van der Waals surface area contributed by atoms with Gasteiger partial charge in [-0.2, -0.15) is 0 Å². The van der Waals surface area contributed by atoms with E-state index in [0.29, 0.717) is 19.6 Å². The van der Waals surface area contributed by atoms with Gasteiger partial charge in [-0.1, -0.05) is 19.8 Å². The number of unbranched alkanes of at least 4 members (excludes halogenated alkanes) is 1. The highest BCUT2D eigenvalue weighted by atomic mass is 16.5. The van der Waals surface area contributed by atoms with Crippen LogP contribution in [0.15, 0.2) is 0 Å². The molecule has 1 unspecified atom stereocenters. The van der Waals surface area contributed by atoms with Crippen LogP contribution in [0.25, 0.3) is 0 Å². The summed E-state index contributed by atoms with van der Waals surface area (Å²) in [7, 11) is 0. The maximum absolute atomic E-state index is 11.0. The molecule has 1 atom stereocenters. The summed E-state index contributed by atoms with van der Waals surface area (Å²) in [5.41, 5.74) is 3.04. The number of carbonyl (C=O) groups is 1. The second kappa shape index (κ2) is 6.76. The number of hydrogen-bond acceptors (Lipinski definition) is 4. The number of ether oxygens (including phenoxy) is 1. The third-order valence-electron chi connectivity index (χ3n) is 2.49. The van der Waals surface area contributed by atoms with Crippen LogP contribution < -0.4 is 5.43 Å². The number of morpholine rings is 1. The lowest BCUT2D eigenvalue weighted by molar-refractivity contribution is -0.142. The molecule has 0 spiro atoms. The monoisotopic (exact) mass is 216 g/mol. The highest BCUT2D eigenvalue weighted by Crippen LogP contribution is 2.03. The first-order valence-electron chi connectivity index (χ1n) is 5.55. The molecule has 1 saturated heterocycles. The van der Waals surface area contributed by atoms with E-state index in [1.165, 1.54) is 0 Å². The SMILES string of the molecule is CCCCC(NN1CCOCC1)C(=O)O. The van der Waals surface area contributed by atoms with E-state index in [1.807, 2.05) is 5.01 Å². The highest BCUT2D eigenvalue weighted by molar-refractivity contribution is 5.73. The van der Waals surface area contributed by atoms with Gasteiger partial charge < -0.3 is 9.84 Å². The molecule has 0 aliphatic carbocycles. The average Bonchev–Trinajstić information content (AvgIpc) is 2.25. The summed E-state index contributed by atoms with van der Waals surface area (Å²) >= 11 is 0. The largest absolute Gasteiger partial charge is 0.480 e. The van der Waals surface area contributed by atoms with Gasteiger partial charge in [0.1, 0.15) is 6.04 Å². The second-order valence-electron chi connectivity index (χ2n) is 3.76. The quantitative estimate of drug-likeness (QED) is 0.675. The lowest BCUT2D eigenvalue weighted by atomic mass is 10.1. The number of carboxylic acids is 1. The molecule has 1 aliphatic heterocycles. The lowest BCUT2D eigenvalue weighted by Crippen LogP contribution is -2.52. The number of nitrogens with zero attached hydrogens (tertiary/aromatic N) is 1. The van der Waals surface area contributed by atoms with E-state index in [9.17, 15) is 4.79 Å². The van der Waals surface area contributed by atoms with Gasteiger partial charge in [-0.25, -0.2) is 10.4 Å². The molecule has 0 bridgehead atoms. The van der Waals surface area contributed by atoms with Crippen LogP contribution in [0.4, 0.5) is 0 Å². The van der Waals surface area contributed by atoms with Crippen molar-refractivity contribution in [3.63, 3.8) is 0 Å². The molecule has 88 valence electrons. The zero-order valence-corrected chi connectivity index (χ0v) is 9.24. The van der Waals surface area contributed by atoms with E-state index in [1.54, 1.807) is 0 Å². The lowest BCUT2D eigenvalue weighted by Gasteiger charge is -2.30. The first-order valence-corrected chi connectivity index (χ1v) is 5.55. The van der Waals surface area contributed by atoms with Crippen LogP contribution in [0.2, 0.25) is 0 Å². The molecule has 1 rings (SSSR count). The van der Waals surface area contributed by atoms with Crippen molar-refractivity contribution in [2.24, 2.45) is 0 Å². The Bertz CT molecular complexity index is 193. The Morgan fingerprint density at radius 3 is 2.73 bits per heavy atom. The van der Waals surface area contributed by atoms with Crippen molar-refractivity contribution in [2.75, 3.05) is 26.3 Å². The third kappa shape index (κ3) is 4.59. The molecule has 2 N–H and O–H groups in total. The van der Waals surface area contributed by atoms with Gasteiger partial charge in [0.25, 0.3) is 0 Å². The normalized spacial score (nSPS) is 20.1. The van der Waals surface area contributed by atoms with Crippen LogP contribution in [0, 0.1) is 0 Å². The van der Waals surface area contributed by atoms with Crippen molar-refractivity contribution in [3.05, 3.63) is 0 Å². The van der Waals surface area contributed by atoms with Crippen LogP contribution >= 0.6 is 0 Å². The summed E-state index contributed by atoms with van der Waals surface area (Å²) in [6.07, 6.45) is 2.64. The zero-order valence-electron chi connectivity index (χ0n) is 9.24. The minimum absolute atomic E-state index is 0.456. The molecule has 5 nitrogen and oxygen atoms in total. The van der Waals surface area contributed by atoms with Crippen molar-refractivity contribution < 1.29 is 14.6 Å². The fourth-order valence-electron chi connectivity index (χ4n) is 1.56. The van der Waals surface area contributed by atoms with E-state index in [2.05, 4.69) is 12.3 Å². The van der Waals surface area contributed by atoms with Gasteiger partial charge >= 0.3 is 5.97 Å². The predicted molar refractivity (Wildman–Crippen MR) is 56.5 cm³/mol. The van der Waals surface area contributed by atoms with Crippen molar-refractivity contribution in [3.8, 4) is 0 Å². The van der Waals surface area contributed by atoms with E-state index in [4.69, 9.17) is 9.84 Å². The minimum Gasteiger partial charge on any atom is -0.480 e. The van der Waals surface area contributed by atoms with Gasteiger partial charge in [0.2, 0.25) is 0 Å². The first-order chi connectivity index (χ1) is 7.24. The number of carboxylic acid groups (broad SMARTS) is 1. The Hall–Kier alpha value is -0.650. The Balaban J connectivity index is 2.31. The fraction of sp³-hybridized carbons (Fsp3) is 0.900. The van der Waals surface area contributed by atoms with Gasteiger partial charge in [0.05, 0.1) is 13.2 Å². The van der Waals surface area contributed by atoms with Crippen molar-refractivity contribution in [1.29, 1.82) is 0 Å². The Labute approximate surface area is 90.4 Å². The summed E-state index contributed by atoms with van der Waals surface area (Å²) in [5, 5.41) is 11.0. The maximum atomic E-state index is 11.0.